The summed E-state index contributed by atoms with van der Waals surface area (Å²) in [5.41, 5.74) is 0.277. The van der Waals surface area contributed by atoms with E-state index < -0.39 is 0 Å². The van der Waals surface area contributed by atoms with Crippen molar-refractivity contribution in [2.24, 2.45) is 0 Å². The molecular weight excluding hydrogens is 176 g/mol. The number of aliphatic hydroxyl groups excluding tert-OH is 1. The zero-order valence-corrected chi connectivity index (χ0v) is 9.53. The summed E-state index contributed by atoms with van der Waals surface area (Å²) in [6.07, 6.45) is 0.881. The molecule has 1 unspecified atom stereocenters. The Balaban J connectivity index is 1.98. The Morgan fingerprint density at radius 3 is 2.50 bits per heavy atom. The van der Waals surface area contributed by atoms with Crippen molar-refractivity contribution in [2.45, 2.75) is 44.9 Å². The molecule has 2 rings (SSSR count). The topological polar surface area (TPSA) is 26.7 Å². The molecule has 2 heterocycles. The van der Waals surface area contributed by atoms with E-state index in [1.807, 2.05) is 0 Å². The summed E-state index contributed by atoms with van der Waals surface area (Å²) in [5.74, 6) is 0. The highest BCUT2D eigenvalue weighted by atomic mass is 16.3. The van der Waals surface area contributed by atoms with Gasteiger partial charge in [-0.2, -0.15) is 0 Å². The number of aliphatic hydroxyl groups is 1. The summed E-state index contributed by atoms with van der Waals surface area (Å²) in [6, 6.07) is 0.595. The lowest BCUT2D eigenvalue weighted by Crippen LogP contribution is -2.56. The first-order chi connectivity index (χ1) is 6.47. The molecular formula is C11H22N2O. The number of piperazine rings is 1. The average Bonchev–Trinajstić information content (AvgIpc) is 2.41. The van der Waals surface area contributed by atoms with Gasteiger partial charge in [0.15, 0.2) is 0 Å². The molecule has 0 saturated carbocycles. The molecule has 0 aromatic carbocycles. The Morgan fingerprint density at radius 2 is 1.86 bits per heavy atom. The molecule has 0 bridgehead atoms. The fourth-order valence-corrected chi connectivity index (χ4v) is 2.63. The van der Waals surface area contributed by atoms with Crippen LogP contribution in [-0.2, 0) is 0 Å². The van der Waals surface area contributed by atoms with Gasteiger partial charge in [0.1, 0.15) is 0 Å². The maximum Gasteiger partial charge on any atom is 0.0682 e. The van der Waals surface area contributed by atoms with Crippen LogP contribution in [0.4, 0.5) is 0 Å². The van der Waals surface area contributed by atoms with E-state index in [0.717, 1.165) is 32.6 Å². The number of rotatable bonds is 0. The highest BCUT2D eigenvalue weighted by molar-refractivity contribution is 4.93. The highest BCUT2D eigenvalue weighted by Crippen LogP contribution is 2.25. The third-order valence-electron chi connectivity index (χ3n) is 3.54. The molecule has 2 fully saturated rings. The van der Waals surface area contributed by atoms with Crippen molar-refractivity contribution in [1.82, 2.24) is 9.80 Å². The second-order valence-corrected chi connectivity index (χ2v) is 5.66. The molecule has 3 nitrogen and oxygen atoms in total. The number of hydrogen-bond donors (Lipinski definition) is 1. The molecule has 0 spiro atoms. The van der Waals surface area contributed by atoms with Crippen molar-refractivity contribution in [2.75, 3.05) is 26.2 Å². The van der Waals surface area contributed by atoms with Crippen LogP contribution in [0.15, 0.2) is 0 Å². The molecule has 0 aliphatic carbocycles. The van der Waals surface area contributed by atoms with Crippen LogP contribution in [0.5, 0.6) is 0 Å². The lowest BCUT2D eigenvalue weighted by Gasteiger charge is -2.44. The van der Waals surface area contributed by atoms with Crippen molar-refractivity contribution in [3.05, 3.63) is 0 Å². The molecule has 0 aromatic heterocycles. The number of nitrogens with zero attached hydrogens (tertiary/aromatic N) is 2. The van der Waals surface area contributed by atoms with Crippen molar-refractivity contribution in [3.8, 4) is 0 Å². The quantitative estimate of drug-likeness (QED) is 0.615. The predicted molar refractivity (Wildman–Crippen MR) is 57.3 cm³/mol. The summed E-state index contributed by atoms with van der Waals surface area (Å²) in [5, 5.41) is 9.59. The fraction of sp³-hybridized carbons (Fsp3) is 1.00. The van der Waals surface area contributed by atoms with Crippen molar-refractivity contribution < 1.29 is 5.11 Å². The zero-order chi connectivity index (χ0) is 10.3. The van der Waals surface area contributed by atoms with E-state index in [1.54, 1.807) is 0 Å². The van der Waals surface area contributed by atoms with Crippen LogP contribution >= 0.6 is 0 Å². The standard InChI is InChI=1S/C11H22N2O/c1-11(2,3)13-5-4-12-8-10(14)6-9(12)7-13/h9-10,14H,4-8H2,1-3H3/t9-,10?/m1/s1. The first kappa shape index (κ1) is 10.4. The van der Waals surface area contributed by atoms with Gasteiger partial charge in [-0.3, -0.25) is 9.80 Å². The summed E-state index contributed by atoms with van der Waals surface area (Å²) >= 11 is 0. The van der Waals surface area contributed by atoms with E-state index in [-0.39, 0.29) is 11.6 Å². The minimum absolute atomic E-state index is 0.0834. The number of fused-ring (bicyclic) bond motifs is 1. The van der Waals surface area contributed by atoms with E-state index in [0.29, 0.717) is 6.04 Å². The van der Waals surface area contributed by atoms with E-state index in [2.05, 4.69) is 30.6 Å². The largest absolute Gasteiger partial charge is 0.392 e. The Kier molecular flexibility index (Phi) is 2.58. The van der Waals surface area contributed by atoms with Crippen molar-refractivity contribution >= 4 is 0 Å². The van der Waals surface area contributed by atoms with Crippen LogP contribution in [0.1, 0.15) is 27.2 Å². The third kappa shape index (κ3) is 1.95. The van der Waals surface area contributed by atoms with E-state index in [9.17, 15) is 5.11 Å². The van der Waals surface area contributed by atoms with Crippen LogP contribution < -0.4 is 0 Å². The van der Waals surface area contributed by atoms with Gasteiger partial charge in [0.2, 0.25) is 0 Å². The zero-order valence-electron chi connectivity index (χ0n) is 9.53. The van der Waals surface area contributed by atoms with Gasteiger partial charge in [-0.05, 0) is 27.2 Å². The molecule has 0 amide bonds. The Labute approximate surface area is 86.7 Å². The van der Waals surface area contributed by atoms with Gasteiger partial charge in [0.25, 0.3) is 0 Å². The van der Waals surface area contributed by atoms with Gasteiger partial charge in [-0.15, -0.1) is 0 Å². The normalized spacial score (nSPS) is 36.0. The lowest BCUT2D eigenvalue weighted by atomic mass is 10.0. The van der Waals surface area contributed by atoms with E-state index >= 15 is 0 Å². The van der Waals surface area contributed by atoms with Crippen LogP contribution in [0, 0.1) is 0 Å². The third-order valence-corrected chi connectivity index (χ3v) is 3.54. The van der Waals surface area contributed by atoms with Crippen LogP contribution in [0.3, 0.4) is 0 Å². The molecule has 2 atom stereocenters. The number of hydrogen-bond acceptors (Lipinski definition) is 3. The van der Waals surface area contributed by atoms with Gasteiger partial charge in [-0.1, -0.05) is 0 Å². The maximum atomic E-state index is 9.59. The minimum Gasteiger partial charge on any atom is -0.392 e. The van der Waals surface area contributed by atoms with Crippen LogP contribution in [0.2, 0.25) is 0 Å². The van der Waals surface area contributed by atoms with Crippen LogP contribution in [0.25, 0.3) is 0 Å². The maximum absolute atomic E-state index is 9.59. The Morgan fingerprint density at radius 1 is 1.14 bits per heavy atom. The van der Waals surface area contributed by atoms with Gasteiger partial charge in [0, 0.05) is 37.8 Å². The molecule has 2 aliphatic rings. The average molecular weight is 198 g/mol. The lowest BCUT2D eigenvalue weighted by molar-refractivity contribution is 0.0408. The summed E-state index contributed by atoms with van der Waals surface area (Å²) < 4.78 is 0. The Bertz CT molecular complexity index is 212. The second kappa shape index (κ2) is 3.47. The summed E-state index contributed by atoms with van der Waals surface area (Å²) in [4.78, 5) is 4.97. The van der Waals surface area contributed by atoms with E-state index in [1.165, 1.54) is 0 Å². The minimum atomic E-state index is -0.0834. The molecule has 1 N–H and O–H groups in total. The van der Waals surface area contributed by atoms with Gasteiger partial charge in [-0.25, -0.2) is 0 Å². The molecule has 0 radical (unpaired) electrons. The van der Waals surface area contributed by atoms with Gasteiger partial charge >= 0.3 is 0 Å². The second-order valence-electron chi connectivity index (χ2n) is 5.66. The van der Waals surface area contributed by atoms with E-state index in [4.69, 9.17) is 0 Å². The van der Waals surface area contributed by atoms with Crippen molar-refractivity contribution in [3.63, 3.8) is 0 Å². The van der Waals surface area contributed by atoms with Crippen molar-refractivity contribution in [1.29, 1.82) is 0 Å². The Hall–Kier alpha value is -0.120. The molecule has 0 aromatic rings. The predicted octanol–water partition coefficient (Wildman–Crippen LogP) is 0.536. The highest BCUT2D eigenvalue weighted by Gasteiger charge is 2.37. The summed E-state index contributed by atoms with van der Waals surface area (Å²) in [7, 11) is 0. The van der Waals surface area contributed by atoms with Crippen LogP contribution in [-0.4, -0.2) is 58.8 Å². The molecule has 2 saturated heterocycles. The monoisotopic (exact) mass is 198 g/mol. The molecule has 3 heteroatoms. The first-order valence-corrected chi connectivity index (χ1v) is 5.64. The first-order valence-electron chi connectivity index (χ1n) is 5.64. The van der Waals surface area contributed by atoms with Gasteiger partial charge < -0.3 is 5.11 Å². The smallest absolute Gasteiger partial charge is 0.0682 e. The molecule has 14 heavy (non-hydrogen) atoms. The molecule has 82 valence electrons. The fourth-order valence-electron chi connectivity index (χ4n) is 2.63. The SMILES string of the molecule is CC(C)(C)N1CCN2CC(O)C[C@@H]2C1. The summed E-state index contributed by atoms with van der Waals surface area (Å²) in [6.45, 7) is 11.1. The van der Waals surface area contributed by atoms with Gasteiger partial charge in [0.05, 0.1) is 6.10 Å². The molecule has 2 aliphatic heterocycles.